The Labute approximate surface area is 173 Å². The van der Waals surface area contributed by atoms with Crippen LogP contribution in [-0.4, -0.2) is 49.9 Å². The van der Waals surface area contributed by atoms with E-state index in [1.54, 1.807) is 11.9 Å². The highest BCUT2D eigenvalue weighted by atomic mass is 16.2. The third kappa shape index (κ3) is 4.35. The first-order chi connectivity index (χ1) is 13.6. The van der Waals surface area contributed by atoms with Gasteiger partial charge >= 0.3 is 0 Å². The number of amides is 2. The first kappa shape index (κ1) is 21.1. The highest BCUT2D eigenvalue weighted by molar-refractivity contribution is 6.10. The normalized spacial score (nSPS) is 18.8. The minimum Gasteiger partial charge on any atom is -0.350 e. The molecule has 0 aromatic heterocycles. The van der Waals surface area contributed by atoms with Crippen LogP contribution >= 0.6 is 0 Å². The van der Waals surface area contributed by atoms with E-state index in [0.717, 1.165) is 23.4 Å². The highest BCUT2D eigenvalue weighted by Gasteiger charge is 2.51. The van der Waals surface area contributed by atoms with E-state index in [4.69, 9.17) is 0 Å². The second kappa shape index (κ2) is 7.99. The average Bonchev–Trinajstić information content (AvgIpc) is 2.83. The summed E-state index contributed by atoms with van der Waals surface area (Å²) in [4.78, 5) is 30.4. The largest absolute Gasteiger partial charge is 0.350 e. The Bertz CT molecular complexity index is 892. The molecule has 2 aromatic rings. The zero-order chi connectivity index (χ0) is 21.2. The van der Waals surface area contributed by atoms with Crippen molar-refractivity contribution in [3.8, 4) is 0 Å². The molecule has 29 heavy (non-hydrogen) atoms. The number of anilines is 1. The number of fused-ring (bicyclic) bond motifs is 1. The Morgan fingerprint density at radius 3 is 2.34 bits per heavy atom. The van der Waals surface area contributed by atoms with Crippen molar-refractivity contribution in [3.05, 3.63) is 65.7 Å². The van der Waals surface area contributed by atoms with Crippen LogP contribution in [0.15, 0.2) is 54.6 Å². The lowest BCUT2D eigenvalue weighted by atomic mass is 9.73. The summed E-state index contributed by atoms with van der Waals surface area (Å²) in [5, 5.41) is 3.14. The molecule has 0 aliphatic carbocycles. The fourth-order valence-electron chi connectivity index (χ4n) is 4.59. The monoisotopic (exact) mass is 393 g/mol. The number of hydrogen-bond acceptors (Lipinski definition) is 3. The maximum absolute atomic E-state index is 13.5. The SMILES string of the molecule is CN(C)CC(C)(C)NC(=O)C[C@]1(Cc2ccccc2)C(=O)N(C)c2ccccc21. The quantitative estimate of drug-likeness (QED) is 0.787. The molecular weight excluding hydrogens is 362 g/mol. The molecule has 1 N–H and O–H groups in total. The molecule has 0 radical (unpaired) electrons. The molecule has 2 aromatic carbocycles. The topological polar surface area (TPSA) is 52.7 Å². The Morgan fingerprint density at radius 2 is 1.69 bits per heavy atom. The van der Waals surface area contributed by atoms with E-state index in [1.165, 1.54) is 0 Å². The van der Waals surface area contributed by atoms with Gasteiger partial charge in [-0.05, 0) is 51.6 Å². The number of hydrogen-bond donors (Lipinski definition) is 1. The van der Waals surface area contributed by atoms with Gasteiger partial charge in [0.25, 0.3) is 0 Å². The molecule has 1 aliphatic heterocycles. The molecule has 1 aliphatic rings. The standard InChI is InChI=1S/C24H31N3O2/c1-23(2,17-26(3)4)25-21(28)16-24(15-18-11-7-6-8-12-18)19-13-9-10-14-20(19)27(5)22(24)29/h6-14H,15-17H2,1-5H3,(H,25,28)/t24-/m0/s1. The van der Waals surface area contributed by atoms with Crippen LogP contribution < -0.4 is 10.2 Å². The lowest BCUT2D eigenvalue weighted by Gasteiger charge is -2.33. The van der Waals surface area contributed by atoms with Gasteiger partial charge in [-0.25, -0.2) is 0 Å². The molecule has 0 unspecified atom stereocenters. The van der Waals surface area contributed by atoms with Crippen molar-refractivity contribution in [1.29, 1.82) is 0 Å². The summed E-state index contributed by atoms with van der Waals surface area (Å²) in [6, 6.07) is 17.7. The predicted molar refractivity (Wildman–Crippen MR) is 117 cm³/mol. The summed E-state index contributed by atoms with van der Waals surface area (Å²) in [5.41, 5.74) is 1.57. The van der Waals surface area contributed by atoms with Crippen LogP contribution in [0.1, 0.15) is 31.4 Å². The van der Waals surface area contributed by atoms with E-state index in [0.29, 0.717) is 6.42 Å². The molecule has 1 atom stereocenters. The molecule has 0 bridgehead atoms. The molecule has 5 nitrogen and oxygen atoms in total. The maximum Gasteiger partial charge on any atom is 0.238 e. The number of nitrogens with one attached hydrogen (secondary N) is 1. The third-order valence-corrected chi connectivity index (χ3v) is 5.50. The summed E-state index contributed by atoms with van der Waals surface area (Å²) < 4.78 is 0. The molecule has 1 heterocycles. The number of carbonyl (C=O) groups is 2. The number of likely N-dealkylation sites (N-methyl/N-ethyl adjacent to an activating group) is 2. The molecule has 0 saturated carbocycles. The van der Waals surface area contributed by atoms with Gasteiger partial charge in [-0.2, -0.15) is 0 Å². The zero-order valence-corrected chi connectivity index (χ0v) is 18.0. The van der Waals surface area contributed by atoms with Crippen LogP contribution in [0.2, 0.25) is 0 Å². The number of benzene rings is 2. The zero-order valence-electron chi connectivity index (χ0n) is 18.0. The summed E-state index contributed by atoms with van der Waals surface area (Å²) in [6.45, 7) is 4.73. The Balaban J connectivity index is 1.97. The van der Waals surface area contributed by atoms with Gasteiger partial charge in [-0.15, -0.1) is 0 Å². The Kier molecular flexibility index (Phi) is 5.80. The van der Waals surface area contributed by atoms with Crippen molar-refractivity contribution in [2.45, 2.75) is 37.6 Å². The van der Waals surface area contributed by atoms with Crippen LogP contribution in [0, 0.1) is 0 Å². The maximum atomic E-state index is 13.5. The Hall–Kier alpha value is -2.66. The van der Waals surface area contributed by atoms with Gasteiger partial charge in [-0.3, -0.25) is 9.59 Å². The van der Waals surface area contributed by atoms with Crippen LogP contribution in [-0.2, 0) is 21.4 Å². The molecule has 5 heteroatoms. The van der Waals surface area contributed by atoms with Gasteiger partial charge in [0.1, 0.15) is 0 Å². The fourth-order valence-corrected chi connectivity index (χ4v) is 4.59. The molecule has 0 saturated heterocycles. The number of para-hydroxylation sites is 1. The van der Waals surface area contributed by atoms with Crippen molar-refractivity contribution >= 4 is 17.5 Å². The van der Waals surface area contributed by atoms with Gasteiger partial charge in [0, 0.05) is 31.2 Å². The van der Waals surface area contributed by atoms with Crippen molar-refractivity contribution in [1.82, 2.24) is 10.2 Å². The van der Waals surface area contributed by atoms with E-state index >= 15 is 0 Å². The molecule has 154 valence electrons. The minimum atomic E-state index is -0.898. The van der Waals surface area contributed by atoms with E-state index in [1.807, 2.05) is 87.4 Å². The van der Waals surface area contributed by atoms with Crippen LogP contribution in [0.4, 0.5) is 5.69 Å². The van der Waals surface area contributed by atoms with Crippen LogP contribution in [0.3, 0.4) is 0 Å². The Morgan fingerprint density at radius 1 is 1.07 bits per heavy atom. The van der Waals surface area contributed by atoms with E-state index in [9.17, 15) is 9.59 Å². The summed E-state index contributed by atoms with van der Waals surface area (Å²) in [7, 11) is 5.76. The van der Waals surface area contributed by atoms with Crippen molar-refractivity contribution in [3.63, 3.8) is 0 Å². The van der Waals surface area contributed by atoms with E-state index < -0.39 is 5.41 Å². The molecule has 0 spiro atoms. The van der Waals surface area contributed by atoms with Crippen molar-refractivity contribution in [2.75, 3.05) is 32.6 Å². The van der Waals surface area contributed by atoms with Gasteiger partial charge in [0.15, 0.2) is 0 Å². The summed E-state index contributed by atoms with van der Waals surface area (Å²) in [6.07, 6.45) is 0.620. The average molecular weight is 394 g/mol. The first-order valence-corrected chi connectivity index (χ1v) is 10.0. The van der Waals surface area contributed by atoms with Gasteiger partial charge in [0.2, 0.25) is 11.8 Å². The smallest absolute Gasteiger partial charge is 0.238 e. The predicted octanol–water partition coefficient (Wildman–Crippen LogP) is 2.99. The lowest BCUT2D eigenvalue weighted by molar-refractivity contribution is -0.130. The first-order valence-electron chi connectivity index (χ1n) is 10.0. The third-order valence-electron chi connectivity index (χ3n) is 5.50. The molecular formula is C24H31N3O2. The van der Waals surface area contributed by atoms with Crippen molar-refractivity contribution < 1.29 is 9.59 Å². The second-order valence-electron chi connectivity index (χ2n) is 8.97. The lowest BCUT2D eigenvalue weighted by Crippen LogP contribution is -2.52. The van der Waals surface area contributed by atoms with Gasteiger partial charge in [-0.1, -0.05) is 48.5 Å². The van der Waals surface area contributed by atoms with Gasteiger partial charge in [0.05, 0.1) is 5.41 Å². The van der Waals surface area contributed by atoms with Gasteiger partial charge < -0.3 is 15.1 Å². The van der Waals surface area contributed by atoms with E-state index in [2.05, 4.69) is 5.32 Å². The molecule has 3 rings (SSSR count). The minimum absolute atomic E-state index is 0.0249. The summed E-state index contributed by atoms with van der Waals surface area (Å²) >= 11 is 0. The molecule has 0 fully saturated rings. The van der Waals surface area contributed by atoms with Crippen molar-refractivity contribution in [2.24, 2.45) is 0 Å². The summed E-state index contributed by atoms with van der Waals surface area (Å²) in [5.74, 6) is -0.130. The van der Waals surface area contributed by atoms with E-state index in [-0.39, 0.29) is 23.8 Å². The number of carbonyl (C=O) groups excluding carboxylic acids is 2. The van der Waals surface area contributed by atoms with Crippen LogP contribution in [0.5, 0.6) is 0 Å². The number of rotatable bonds is 7. The molecule has 2 amide bonds. The highest BCUT2D eigenvalue weighted by Crippen LogP contribution is 2.45. The van der Waals surface area contributed by atoms with Crippen LogP contribution in [0.25, 0.3) is 0 Å². The number of nitrogens with zero attached hydrogens (tertiary/aromatic N) is 2. The second-order valence-corrected chi connectivity index (χ2v) is 8.97. The fraction of sp³-hybridized carbons (Fsp3) is 0.417.